The van der Waals surface area contributed by atoms with Crippen LogP contribution in [-0.2, 0) is 17.8 Å². The third-order valence-electron chi connectivity index (χ3n) is 5.25. The van der Waals surface area contributed by atoms with Gasteiger partial charge in [-0.1, -0.05) is 20.8 Å². The molecule has 0 bridgehead atoms. The summed E-state index contributed by atoms with van der Waals surface area (Å²) in [4.78, 5) is 16.9. The molecule has 1 aromatic heterocycles. The van der Waals surface area contributed by atoms with Gasteiger partial charge in [0.1, 0.15) is 0 Å². The quantitative estimate of drug-likeness (QED) is 0.803. The second-order valence-corrected chi connectivity index (χ2v) is 8.03. The highest BCUT2D eigenvalue weighted by Crippen LogP contribution is 2.22. The monoisotopic (exact) mass is 334 g/mol. The summed E-state index contributed by atoms with van der Waals surface area (Å²) in [6.45, 7) is 13.5. The molecule has 1 saturated heterocycles. The summed E-state index contributed by atoms with van der Waals surface area (Å²) in [6, 6.07) is 0.478. The number of carbonyl (C=O) groups excluding carboxylic acids is 1. The van der Waals surface area contributed by atoms with Crippen LogP contribution in [0.2, 0.25) is 0 Å². The van der Waals surface area contributed by atoms with Crippen LogP contribution in [0.1, 0.15) is 44.1 Å². The number of amides is 1. The van der Waals surface area contributed by atoms with Gasteiger partial charge in [0.2, 0.25) is 5.91 Å². The maximum Gasteiger partial charge on any atom is 0.222 e. The maximum absolute atomic E-state index is 12.6. The molecule has 136 valence electrons. The van der Waals surface area contributed by atoms with Gasteiger partial charge < -0.3 is 9.80 Å². The standard InChI is InChI=1S/C19H34N4O/c1-13(2)10-23-16(5)17(15(4)20-23)8-9-19(24)22-11-14(3)18(12-22)21(6)7/h13-14,18H,8-12H2,1-7H3. The number of carbonyl (C=O) groups is 1. The molecule has 2 atom stereocenters. The van der Waals surface area contributed by atoms with Crippen molar-refractivity contribution in [1.29, 1.82) is 0 Å². The van der Waals surface area contributed by atoms with E-state index in [1.54, 1.807) is 0 Å². The molecule has 0 aromatic carbocycles. The molecule has 2 rings (SSSR count). The Labute approximate surface area is 147 Å². The second-order valence-electron chi connectivity index (χ2n) is 8.03. The van der Waals surface area contributed by atoms with E-state index in [0.717, 1.165) is 31.7 Å². The van der Waals surface area contributed by atoms with Gasteiger partial charge in [0.15, 0.2) is 0 Å². The first-order valence-electron chi connectivity index (χ1n) is 9.17. The van der Waals surface area contributed by atoms with Gasteiger partial charge >= 0.3 is 0 Å². The lowest BCUT2D eigenvalue weighted by Crippen LogP contribution is -2.35. The van der Waals surface area contributed by atoms with Crippen LogP contribution in [0.5, 0.6) is 0 Å². The van der Waals surface area contributed by atoms with Crippen LogP contribution in [0.15, 0.2) is 0 Å². The Morgan fingerprint density at radius 2 is 1.96 bits per heavy atom. The van der Waals surface area contributed by atoms with Gasteiger partial charge in [-0.15, -0.1) is 0 Å². The highest BCUT2D eigenvalue weighted by Gasteiger charge is 2.33. The zero-order valence-corrected chi connectivity index (χ0v) is 16.5. The Bertz CT molecular complexity index is 576. The fourth-order valence-corrected chi connectivity index (χ4v) is 3.83. The van der Waals surface area contributed by atoms with Crippen molar-refractivity contribution in [3.05, 3.63) is 17.0 Å². The molecule has 5 nitrogen and oxygen atoms in total. The maximum atomic E-state index is 12.6. The summed E-state index contributed by atoms with van der Waals surface area (Å²) in [5.41, 5.74) is 3.54. The van der Waals surface area contributed by atoms with Gasteiger partial charge in [-0.25, -0.2) is 0 Å². The Balaban J connectivity index is 1.96. The summed E-state index contributed by atoms with van der Waals surface area (Å²) in [6.07, 6.45) is 1.38. The van der Waals surface area contributed by atoms with Gasteiger partial charge in [-0.05, 0) is 51.8 Å². The van der Waals surface area contributed by atoms with Crippen molar-refractivity contribution in [2.45, 2.75) is 60.0 Å². The van der Waals surface area contributed by atoms with Crippen LogP contribution in [0.25, 0.3) is 0 Å². The summed E-state index contributed by atoms with van der Waals surface area (Å²) in [7, 11) is 4.20. The van der Waals surface area contributed by atoms with Crippen LogP contribution in [0.4, 0.5) is 0 Å². The molecule has 5 heteroatoms. The van der Waals surface area contributed by atoms with Gasteiger partial charge in [0.25, 0.3) is 0 Å². The van der Waals surface area contributed by atoms with Crippen LogP contribution >= 0.6 is 0 Å². The third-order valence-corrected chi connectivity index (χ3v) is 5.25. The summed E-state index contributed by atoms with van der Waals surface area (Å²) in [5.74, 6) is 1.40. The van der Waals surface area contributed by atoms with E-state index in [0.29, 0.717) is 24.3 Å². The molecular weight excluding hydrogens is 300 g/mol. The van der Waals surface area contributed by atoms with Crippen LogP contribution < -0.4 is 0 Å². The normalized spacial score (nSPS) is 21.3. The Morgan fingerprint density at radius 3 is 2.50 bits per heavy atom. The third kappa shape index (κ3) is 4.18. The van der Waals surface area contributed by atoms with Gasteiger partial charge in [0.05, 0.1) is 5.69 Å². The van der Waals surface area contributed by atoms with E-state index in [1.807, 2.05) is 4.90 Å². The number of rotatable bonds is 6. The molecule has 1 aromatic rings. The van der Waals surface area contributed by atoms with Crippen molar-refractivity contribution in [1.82, 2.24) is 19.6 Å². The number of hydrogen-bond donors (Lipinski definition) is 0. The predicted molar refractivity (Wildman–Crippen MR) is 98.1 cm³/mol. The summed E-state index contributed by atoms with van der Waals surface area (Å²) in [5, 5.41) is 4.66. The molecule has 1 aliphatic rings. The fraction of sp³-hybridized carbons (Fsp3) is 0.789. The summed E-state index contributed by atoms with van der Waals surface area (Å²) >= 11 is 0. The molecule has 24 heavy (non-hydrogen) atoms. The average molecular weight is 335 g/mol. The number of aromatic nitrogens is 2. The fourth-order valence-electron chi connectivity index (χ4n) is 3.83. The van der Waals surface area contributed by atoms with Crippen LogP contribution in [0, 0.1) is 25.7 Å². The number of hydrogen-bond acceptors (Lipinski definition) is 3. The molecule has 2 unspecified atom stereocenters. The zero-order chi connectivity index (χ0) is 18.0. The van der Waals surface area contributed by atoms with Crippen molar-refractivity contribution in [2.75, 3.05) is 27.2 Å². The first kappa shape index (κ1) is 19.0. The number of likely N-dealkylation sites (tertiary alicyclic amines) is 1. The number of nitrogens with zero attached hydrogens (tertiary/aromatic N) is 4. The summed E-state index contributed by atoms with van der Waals surface area (Å²) < 4.78 is 2.10. The zero-order valence-electron chi connectivity index (χ0n) is 16.5. The molecule has 2 heterocycles. The molecule has 1 aliphatic heterocycles. The van der Waals surface area contributed by atoms with E-state index in [-0.39, 0.29) is 5.91 Å². The van der Waals surface area contributed by atoms with E-state index < -0.39 is 0 Å². The number of aryl methyl sites for hydroxylation is 1. The molecule has 1 fully saturated rings. The predicted octanol–water partition coefficient (Wildman–Crippen LogP) is 2.50. The van der Waals surface area contributed by atoms with Crippen LogP contribution in [0.3, 0.4) is 0 Å². The largest absolute Gasteiger partial charge is 0.341 e. The second kappa shape index (κ2) is 7.68. The van der Waals surface area contributed by atoms with Crippen molar-refractivity contribution in [3.63, 3.8) is 0 Å². The minimum atomic E-state index is 0.279. The molecular formula is C19H34N4O. The molecule has 0 aliphatic carbocycles. The minimum absolute atomic E-state index is 0.279. The highest BCUT2D eigenvalue weighted by atomic mass is 16.2. The first-order chi connectivity index (χ1) is 11.2. The van der Waals surface area contributed by atoms with Crippen LogP contribution in [-0.4, -0.2) is 58.7 Å². The highest BCUT2D eigenvalue weighted by molar-refractivity contribution is 5.77. The van der Waals surface area contributed by atoms with Crippen molar-refractivity contribution < 1.29 is 4.79 Å². The lowest BCUT2D eigenvalue weighted by atomic mass is 10.1. The van der Waals surface area contributed by atoms with Gasteiger partial charge in [-0.3, -0.25) is 9.48 Å². The number of likely N-dealkylation sites (N-methyl/N-ethyl adjacent to an activating group) is 1. The smallest absolute Gasteiger partial charge is 0.222 e. The lowest BCUT2D eigenvalue weighted by molar-refractivity contribution is -0.130. The van der Waals surface area contributed by atoms with E-state index in [9.17, 15) is 4.79 Å². The van der Waals surface area contributed by atoms with Gasteiger partial charge in [-0.2, -0.15) is 5.10 Å². The van der Waals surface area contributed by atoms with Gasteiger partial charge in [0, 0.05) is 37.8 Å². The molecule has 0 saturated carbocycles. The van der Waals surface area contributed by atoms with Crippen molar-refractivity contribution in [2.24, 2.45) is 11.8 Å². The van der Waals surface area contributed by atoms with Crippen molar-refractivity contribution in [3.8, 4) is 0 Å². The van der Waals surface area contributed by atoms with E-state index in [2.05, 4.69) is 63.4 Å². The van der Waals surface area contributed by atoms with E-state index in [1.165, 1.54) is 11.3 Å². The van der Waals surface area contributed by atoms with E-state index in [4.69, 9.17) is 0 Å². The average Bonchev–Trinajstić information content (AvgIpc) is 2.98. The minimum Gasteiger partial charge on any atom is -0.341 e. The molecule has 1 amide bonds. The molecule has 0 spiro atoms. The Morgan fingerprint density at radius 1 is 1.29 bits per heavy atom. The Hall–Kier alpha value is -1.36. The topological polar surface area (TPSA) is 41.4 Å². The Kier molecular flexibility index (Phi) is 6.07. The SMILES string of the molecule is Cc1nn(CC(C)C)c(C)c1CCC(=O)N1CC(C)C(N(C)C)C1. The molecule has 0 N–H and O–H groups in total. The lowest BCUT2D eigenvalue weighted by Gasteiger charge is -2.22. The first-order valence-corrected chi connectivity index (χ1v) is 9.17. The van der Waals surface area contributed by atoms with Crippen molar-refractivity contribution >= 4 is 5.91 Å². The molecule has 0 radical (unpaired) electrons. The van der Waals surface area contributed by atoms with E-state index >= 15 is 0 Å².